The maximum Gasteiger partial charge on any atom is 0.305 e. The molecule has 2 amide bonds. The van der Waals surface area contributed by atoms with Gasteiger partial charge in [-0.05, 0) is 35.9 Å². The van der Waals surface area contributed by atoms with E-state index in [9.17, 15) is 18.8 Å². The Balaban J connectivity index is 2.20. The fourth-order valence-electron chi connectivity index (χ4n) is 2.28. The predicted octanol–water partition coefficient (Wildman–Crippen LogP) is 2.29. The summed E-state index contributed by atoms with van der Waals surface area (Å²) in [6.45, 7) is -0.350. The summed E-state index contributed by atoms with van der Waals surface area (Å²) in [6.07, 6.45) is -0.454. The van der Waals surface area contributed by atoms with Gasteiger partial charge in [-0.3, -0.25) is 14.4 Å². The van der Waals surface area contributed by atoms with E-state index in [0.29, 0.717) is 0 Å². The summed E-state index contributed by atoms with van der Waals surface area (Å²) in [6, 6.07) is 8.73. The van der Waals surface area contributed by atoms with Crippen molar-refractivity contribution in [2.75, 3.05) is 6.61 Å². The van der Waals surface area contributed by atoms with E-state index >= 15 is 0 Å². The number of benzene rings is 2. The van der Waals surface area contributed by atoms with Crippen LogP contribution in [0.3, 0.4) is 0 Å². The molecule has 0 fully saturated rings. The minimum atomic E-state index is -1.17. The third-order valence-electron chi connectivity index (χ3n) is 3.51. The number of nitrogens with two attached hydrogens (primary N) is 1. The zero-order valence-electron chi connectivity index (χ0n) is 13.9. The Morgan fingerprint density at radius 1 is 1.22 bits per heavy atom. The molecule has 0 spiro atoms. The van der Waals surface area contributed by atoms with E-state index in [0.717, 1.165) is 6.07 Å². The van der Waals surface area contributed by atoms with Gasteiger partial charge in [0.25, 0.3) is 11.8 Å². The van der Waals surface area contributed by atoms with Crippen molar-refractivity contribution in [3.05, 3.63) is 64.4 Å². The molecule has 0 saturated heterocycles. The lowest BCUT2D eigenvalue weighted by molar-refractivity contribution is -0.137. The maximum atomic E-state index is 13.7. The van der Waals surface area contributed by atoms with Crippen molar-refractivity contribution in [1.29, 1.82) is 0 Å². The molecule has 27 heavy (non-hydrogen) atoms. The van der Waals surface area contributed by atoms with Gasteiger partial charge in [0.1, 0.15) is 11.6 Å². The Kier molecular flexibility index (Phi) is 6.73. The number of carbonyl (C=O) groups is 3. The van der Waals surface area contributed by atoms with Crippen molar-refractivity contribution < 1.29 is 28.6 Å². The van der Waals surface area contributed by atoms with Gasteiger partial charge >= 0.3 is 5.97 Å². The highest BCUT2D eigenvalue weighted by Gasteiger charge is 2.20. The lowest BCUT2D eigenvalue weighted by atomic mass is 10.0. The average Bonchev–Trinajstić information content (AvgIpc) is 2.61. The smallest absolute Gasteiger partial charge is 0.305 e. The number of hydrogen-bond acceptors (Lipinski definition) is 4. The van der Waals surface area contributed by atoms with Gasteiger partial charge in [0.2, 0.25) is 0 Å². The molecule has 9 heteroatoms. The van der Waals surface area contributed by atoms with Crippen molar-refractivity contribution >= 4 is 29.4 Å². The van der Waals surface area contributed by atoms with E-state index in [1.165, 1.54) is 36.4 Å². The van der Waals surface area contributed by atoms with Crippen LogP contribution in [0.25, 0.3) is 0 Å². The fraction of sp³-hybridized carbons (Fsp3) is 0.167. The fourth-order valence-corrected chi connectivity index (χ4v) is 2.40. The van der Waals surface area contributed by atoms with Gasteiger partial charge in [0.15, 0.2) is 6.61 Å². The van der Waals surface area contributed by atoms with Crippen molar-refractivity contribution in [3.8, 4) is 5.75 Å². The van der Waals surface area contributed by atoms with Gasteiger partial charge in [0, 0.05) is 5.56 Å². The first-order valence-electron chi connectivity index (χ1n) is 7.75. The number of rotatable bonds is 8. The number of hydrogen-bond donors (Lipinski definition) is 3. The van der Waals surface area contributed by atoms with Crippen LogP contribution in [0.5, 0.6) is 5.75 Å². The van der Waals surface area contributed by atoms with E-state index in [-0.39, 0.29) is 28.5 Å². The molecule has 1 unspecified atom stereocenters. The second-order valence-corrected chi connectivity index (χ2v) is 5.99. The largest absolute Gasteiger partial charge is 0.484 e. The van der Waals surface area contributed by atoms with Gasteiger partial charge in [-0.15, -0.1) is 0 Å². The number of nitrogens with one attached hydrogen (secondary N) is 1. The van der Waals surface area contributed by atoms with E-state index in [4.69, 9.17) is 27.2 Å². The molecule has 2 aromatic carbocycles. The van der Waals surface area contributed by atoms with Crippen molar-refractivity contribution in [3.63, 3.8) is 0 Å². The van der Waals surface area contributed by atoms with Gasteiger partial charge in [-0.25, -0.2) is 4.39 Å². The van der Waals surface area contributed by atoms with Crippen molar-refractivity contribution in [2.24, 2.45) is 5.73 Å². The number of halogens is 2. The second kappa shape index (κ2) is 9.00. The Hall–Kier alpha value is -3.13. The lowest BCUT2D eigenvalue weighted by Gasteiger charge is -2.18. The Morgan fingerprint density at radius 2 is 1.96 bits per heavy atom. The molecule has 0 aliphatic rings. The summed E-state index contributed by atoms with van der Waals surface area (Å²) >= 11 is 5.64. The number of amides is 2. The number of carboxylic acid groups (broad SMARTS) is 1. The minimum Gasteiger partial charge on any atom is -0.484 e. The summed E-state index contributed by atoms with van der Waals surface area (Å²) < 4.78 is 18.8. The summed E-state index contributed by atoms with van der Waals surface area (Å²) in [4.78, 5) is 34.4. The predicted molar refractivity (Wildman–Crippen MR) is 95.0 cm³/mol. The highest BCUT2D eigenvalue weighted by molar-refractivity contribution is 6.30. The first-order valence-corrected chi connectivity index (χ1v) is 8.13. The van der Waals surface area contributed by atoms with Crippen LogP contribution in [-0.4, -0.2) is 29.5 Å². The standard InChI is InChI=1S/C18H16ClFN2O5/c19-13-5-4-10(7-14(13)20)15(8-17(24)25)22-18(26)11-2-1-3-12(6-11)27-9-16(21)23/h1-7,15H,8-9H2,(H2,21,23)(H,22,26)(H,24,25). The summed E-state index contributed by atoms with van der Waals surface area (Å²) in [7, 11) is 0. The number of aliphatic carboxylic acids is 1. The molecule has 0 bridgehead atoms. The molecule has 2 aromatic rings. The van der Waals surface area contributed by atoms with E-state index < -0.39 is 36.1 Å². The molecule has 0 heterocycles. The Morgan fingerprint density at radius 3 is 2.59 bits per heavy atom. The molecule has 2 rings (SSSR count). The number of ether oxygens (including phenoxy) is 1. The second-order valence-electron chi connectivity index (χ2n) is 5.58. The van der Waals surface area contributed by atoms with Gasteiger partial charge < -0.3 is 20.9 Å². The molecule has 4 N–H and O–H groups in total. The summed E-state index contributed by atoms with van der Waals surface area (Å²) in [5, 5.41) is 11.5. The molecule has 7 nitrogen and oxygen atoms in total. The molecule has 0 aliphatic heterocycles. The van der Waals surface area contributed by atoms with Crippen molar-refractivity contribution in [1.82, 2.24) is 5.32 Å². The third kappa shape index (κ3) is 5.96. The maximum absolute atomic E-state index is 13.7. The minimum absolute atomic E-state index is 0.113. The summed E-state index contributed by atoms with van der Waals surface area (Å²) in [5.74, 6) is -2.92. The van der Waals surface area contributed by atoms with Gasteiger partial charge in [-0.2, -0.15) is 0 Å². The zero-order valence-corrected chi connectivity index (χ0v) is 14.7. The highest BCUT2D eigenvalue weighted by Crippen LogP contribution is 2.23. The third-order valence-corrected chi connectivity index (χ3v) is 3.81. The normalized spacial score (nSPS) is 11.5. The van der Waals surface area contributed by atoms with E-state index in [1.807, 2.05) is 0 Å². The van der Waals surface area contributed by atoms with Crippen LogP contribution in [0.15, 0.2) is 42.5 Å². The van der Waals surface area contributed by atoms with E-state index in [1.54, 1.807) is 0 Å². The zero-order chi connectivity index (χ0) is 20.0. The number of primary amides is 1. The summed E-state index contributed by atoms with van der Waals surface area (Å²) in [5.41, 5.74) is 5.43. The Bertz CT molecular complexity index is 875. The van der Waals surface area contributed by atoms with E-state index in [2.05, 4.69) is 5.32 Å². The monoisotopic (exact) mass is 394 g/mol. The van der Waals surface area contributed by atoms with Crippen LogP contribution in [0.1, 0.15) is 28.4 Å². The molecule has 0 aliphatic carbocycles. The molecule has 142 valence electrons. The quantitative estimate of drug-likeness (QED) is 0.634. The number of carbonyl (C=O) groups excluding carboxylic acids is 2. The highest BCUT2D eigenvalue weighted by atomic mass is 35.5. The van der Waals surface area contributed by atoms with Crippen LogP contribution in [-0.2, 0) is 9.59 Å². The Labute approximate surface area is 158 Å². The molecule has 0 saturated carbocycles. The first kappa shape index (κ1) is 20.2. The van der Waals surface area contributed by atoms with Crippen LogP contribution < -0.4 is 15.8 Å². The molecule has 0 aromatic heterocycles. The first-order chi connectivity index (χ1) is 12.8. The van der Waals surface area contributed by atoms with Crippen LogP contribution in [0.2, 0.25) is 5.02 Å². The van der Waals surface area contributed by atoms with Gasteiger partial charge in [0.05, 0.1) is 17.5 Å². The lowest BCUT2D eigenvalue weighted by Crippen LogP contribution is -2.30. The number of carboxylic acids is 1. The van der Waals surface area contributed by atoms with Crippen LogP contribution >= 0.6 is 11.6 Å². The SMILES string of the molecule is NC(=O)COc1cccc(C(=O)NC(CC(=O)O)c2ccc(Cl)c(F)c2)c1. The van der Waals surface area contributed by atoms with Crippen LogP contribution in [0.4, 0.5) is 4.39 Å². The molecular formula is C18H16ClFN2O5. The van der Waals surface area contributed by atoms with Gasteiger partial charge in [-0.1, -0.05) is 23.7 Å². The molecule has 0 radical (unpaired) electrons. The molecular weight excluding hydrogens is 379 g/mol. The van der Waals surface area contributed by atoms with Crippen molar-refractivity contribution in [2.45, 2.75) is 12.5 Å². The topological polar surface area (TPSA) is 119 Å². The molecule has 1 atom stereocenters. The average molecular weight is 395 g/mol. The van der Waals surface area contributed by atoms with Crippen LogP contribution in [0, 0.1) is 5.82 Å².